The molecule has 0 saturated carbocycles. The number of aryl methyl sites for hydroxylation is 1. The maximum Gasteiger partial charge on any atom is 0.301 e. The van der Waals surface area contributed by atoms with E-state index < -0.39 is 28.4 Å². The van der Waals surface area contributed by atoms with Crippen molar-refractivity contribution in [3.8, 4) is 0 Å². The zero-order valence-corrected chi connectivity index (χ0v) is 19.6. The van der Waals surface area contributed by atoms with E-state index in [1.54, 1.807) is 24.4 Å². The maximum atomic E-state index is 13.3. The number of anilines is 1. The predicted octanol–water partition coefficient (Wildman–Crippen LogP) is 5.19. The van der Waals surface area contributed by atoms with Crippen LogP contribution in [0, 0.1) is 17.0 Å². The van der Waals surface area contributed by atoms with Crippen LogP contribution in [0.3, 0.4) is 0 Å². The van der Waals surface area contributed by atoms with Gasteiger partial charge in [0.1, 0.15) is 5.76 Å². The van der Waals surface area contributed by atoms with E-state index in [9.17, 15) is 24.8 Å². The Balaban J connectivity index is 1.70. The van der Waals surface area contributed by atoms with E-state index >= 15 is 0 Å². The molecule has 1 aliphatic heterocycles. The number of thiazole rings is 1. The molecule has 0 radical (unpaired) electrons. The van der Waals surface area contributed by atoms with Crippen molar-refractivity contribution in [1.82, 2.24) is 9.97 Å². The summed E-state index contributed by atoms with van der Waals surface area (Å²) in [6, 6.07) is 11.0. The number of aliphatic hydroxyl groups is 1. The number of nitro benzene ring substituents is 1. The third kappa shape index (κ3) is 3.82. The number of Topliss-reactive ketones (excluding diaryl/α,β-unsaturated/α-hetero) is 1. The van der Waals surface area contributed by atoms with Gasteiger partial charge in [-0.15, -0.1) is 0 Å². The number of aliphatic hydroxyl groups excluding tert-OH is 1. The summed E-state index contributed by atoms with van der Waals surface area (Å²) in [4.78, 5) is 46.8. The molecule has 3 heterocycles. The number of hydrogen-bond donors (Lipinski definition) is 1. The van der Waals surface area contributed by atoms with Gasteiger partial charge < -0.3 is 5.11 Å². The van der Waals surface area contributed by atoms with Gasteiger partial charge in [-0.2, -0.15) is 0 Å². The molecule has 2 aromatic heterocycles. The summed E-state index contributed by atoms with van der Waals surface area (Å²) in [6.45, 7) is 1.85. The molecule has 1 N–H and O–H groups in total. The molecule has 35 heavy (non-hydrogen) atoms. The summed E-state index contributed by atoms with van der Waals surface area (Å²) in [7, 11) is 0. The normalized spacial score (nSPS) is 17.3. The van der Waals surface area contributed by atoms with Gasteiger partial charge in [0.25, 0.3) is 11.5 Å². The zero-order valence-electron chi connectivity index (χ0n) is 18.0. The summed E-state index contributed by atoms with van der Waals surface area (Å²) >= 11 is 7.46. The maximum absolute atomic E-state index is 13.3. The molecule has 1 aliphatic rings. The van der Waals surface area contributed by atoms with Crippen molar-refractivity contribution in [1.29, 1.82) is 0 Å². The van der Waals surface area contributed by atoms with Gasteiger partial charge >= 0.3 is 5.91 Å². The van der Waals surface area contributed by atoms with Crippen LogP contribution in [0.1, 0.15) is 22.7 Å². The van der Waals surface area contributed by atoms with E-state index in [2.05, 4.69) is 9.97 Å². The third-order valence-corrected chi connectivity index (χ3v) is 7.08. The third-order valence-electron chi connectivity index (χ3n) is 5.66. The summed E-state index contributed by atoms with van der Waals surface area (Å²) in [5, 5.41) is 22.9. The number of nitro groups is 1. The number of amides is 1. The Hall–Kier alpha value is -4.15. The van der Waals surface area contributed by atoms with E-state index in [0.717, 1.165) is 10.3 Å². The molecule has 11 heteroatoms. The number of halogens is 1. The van der Waals surface area contributed by atoms with Crippen LogP contribution in [-0.4, -0.2) is 31.7 Å². The second-order valence-electron chi connectivity index (χ2n) is 7.82. The van der Waals surface area contributed by atoms with Crippen LogP contribution >= 0.6 is 22.9 Å². The van der Waals surface area contributed by atoms with Crippen LogP contribution in [-0.2, 0) is 9.59 Å². The number of ketones is 1. The molecule has 5 rings (SSSR count). The molecule has 1 atom stereocenters. The molecule has 4 aromatic rings. The Morgan fingerprint density at radius 3 is 2.60 bits per heavy atom. The number of aromatic nitrogens is 2. The van der Waals surface area contributed by atoms with Crippen molar-refractivity contribution in [2.24, 2.45) is 0 Å². The van der Waals surface area contributed by atoms with Gasteiger partial charge in [-0.3, -0.25) is 29.6 Å². The second kappa shape index (κ2) is 8.57. The van der Waals surface area contributed by atoms with Gasteiger partial charge in [-0.1, -0.05) is 29.0 Å². The van der Waals surface area contributed by atoms with Gasteiger partial charge in [0.2, 0.25) is 0 Å². The van der Waals surface area contributed by atoms with Gasteiger partial charge in [0.05, 0.1) is 26.8 Å². The largest absolute Gasteiger partial charge is 0.507 e. The van der Waals surface area contributed by atoms with Crippen molar-refractivity contribution >= 4 is 61.4 Å². The molecule has 9 nitrogen and oxygen atoms in total. The highest BCUT2D eigenvalue weighted by atomic mass is 35.5. The van der Waals surface area contributed by atoms with Gasteiger partial charge in [-0.25, -0.2) is 4.98 Å². The van der Waals surface area contributed by atoms with E-state index in [4.69, 9.17) is 11.6 Å². The van der Waals surface area contributed by atoms with Crippen LogP contribution in [0.15, 0.2) is 66.5 Å². The van der Waals surface area contributed by atoms with Crippen LogP contribution in [0.25, 0.3) is 16.0 Å². The van der Waals surface area contributed by atoms with Crippen molar-refractivity contribution in [3.63, 3.8) is 0 Å². The molecule has 1 fully saturated rings. The first-order valence-corrected chi connectivity index (χ1v) is 11.5. The minimum Gasteiger partial charge on any atom is -0.507 e. The number of non-ortho nitro benzene ring substituents is 1. The first-order valence-electron chi connectivity index (χ1n) is 10.3. The summed E-state index contributed by atoms with van der Waals surface area (Å²) in [5.41, 5.74) is 1.73. The van der Waals surface area contributed by atoms with Crippen molar-refractivity contribution in [2.75, 3.05) is 4.90 Å². The minimum absolute atomic E-state index is 0.161. The quantitative estimate of drug-likeness (QED) is 0.133. The number of pyridine rings is 1. The average molecular weight is 507 g/mol. The zero-order chi connectivity index (χ0) is 24.9. The number of rotatable bonds is 4. The fourth-order valence-electron chi connectivity index (χ4n) is 3.92. The fraction of sp³-hybridized carbons (Fsp3) is 0.0833. The summed E-state index contributed by atoms with van der Waals surface area (Å²) < 4.78 is 0.782. The lowest BCUT2D eigenvalue weighted by molar-refractivity contribution is -0.384. The summed E-state index contributed by atoms with van der Waals surface area (Å²) in [5.74, 6) is -2.21. The number of fused-ring (bicyclic) bond motifs is 1. The van der Waals surface area contributed by atoms with Crippen molar-refractivity contribution < 1.29 is 19.6 Å². The first-order chi connectivity index (χ1) is 16.8. The molecule has 1 unspecified atom stereocenters. The lowest BCUT2D eigenvalue weighted by atomic mass is 9.96. The van der Waals surface area contributed by atoms with Crippen LogP contribution in [0.4, 0.5) is 10.8 Å². The molecule has 0 spiro atoms. The smallest absolute Gasteiger partial charge is 0.301 e. The number of nitrogens with zero attached hydrogens (tertiary/aromatic N) is 4. The Morgan fingerprint density at radius 2 is 1.94 bits per heavy atom. The fourth-order valence-corrected chi connectivity index (χ4v) is 5.15. The predicted molar refractivity (Wildman–Crippen MR) is 131 cm³/mol. The topological polar surface area (TPSA) is 127 Å². The average Bonchev–Trinajstić information content (AvgIpc) is 3.37. The SMILES string of the molecule is Cc1cc2sc(N3C(=O)C(=O)/C(=C(/O)c4ccc([N+](=O)[O-])cc4)C3c3cccnc3)nc2cc1Cl. The van der Waals surface area contributed by atoms with E-state index in [1.165, 1.54) is 46.7 Å². The van der Waals surface area contributed by atoms with Gasteiger partial charge in [0, 0.05) is 35.1 Å². The molecule has 1 amide bonds. The lowest BCUT2D eigenvalue weighted by Crippen LogP contribution is -2.29. The molecule has 0 aliphatic carbocycles. The molecule has 2 aromatic carbocycles. The highest BCUT2D eigenvalue weighted by Crippen LogP contribution is 2.44. The molecule has 174 valence electrons. The number of benzene rings is 2. The van der Waals surface area contributed by atoms with Crippen molar-refractivity contribution in [3.05, 3.63) is 98.3 Å². The number of carbonyl (C=O) groups is 2. The van der Waals surface area contributed by atoms with Crippen LogP contribution in [0.5, 0.6) is 0 Å². The van der Waals surface area contributed by atoms with E-state index in [-0.39, 0.29) is 22.0 Å². The molecular weight excluding hydrogens is 492 g/mol. The van der Waals surface area contributed by atoms with Crippen molar-refractivity contribution in [2.45, 2.75) is 13.0 Å². The van der Waals surface area contributed by atoms with Gasteiger partial charge in [0.15, 0.2) is 5.13 Å². The second-order valence-corrected chi connectivity index (χ2v) is 9.24. The Labute approximate surface area is 207 Å². The molecule has 1 saturated heterocycles. The van der Waals surface area contributed by atoms with E-state index in [0.29, 0.717) is 16.1 Å². The number of hydrogen-bond acceptors (Lipinski definition) is 8. The molecular formula is C24H15ClN4O5S. The highest BCUT2D eigenvalue weighted by Gasteiger charge is 2.48. The van der Waals surface area contributed by atoms with Crippen LogP contribution < -0.4 is 4.90 Å². The molecule has 0 bridgehead atoms. The monoisotopic (exact) mass is 506 g/mol. The minimum atomic E-state index is -1.00. The Bertz CT molecular complexity index is 1510. The van der Waals surface area contributed by atoms with Gasteiger partial charge in [-0.05, 0) is 48.4 Å². The Morgan fingerprint density at radius 1 is 1.20 bits per heavy atom. The summed E-state index contributed by atoms with van der Waals surface area (Å²) in [6.07, 6.45) is 3.05. The van der Waals surface area contributed by atoms with Crippen LogP contribution in [0.2, 0.25) is 5.02 Å². The highest BCUT2D eigenvalue weighted by molar-refractivity contribution is 7.22. The Kier molecular flexibility index (Phi) is 5.54. The van der Waals surface area contributed by atoms with E-state index in [1.807, 2.05) is 13.0 Å². The standard InChI is InChI=1S/C24H15ClN4O5S/c1-12-9-18-17(10-16(12)25)27-24(35-18)28-20(14-3-2-8-26-11-14)19(22(31)23(28)32)21(30)13-4-6-15(7-5-13)29(33)34/h2-11,20,30H,1H3/b21-19+. The lowest BCUT2D eigenvalue weighted by Gasteiger charge is -2.22. The first kappa shape index (κ1) is 22.6. The number of carbonyl (C=O) groups excluding carboxylic acids is 2.